The Bertz CT molecular complexity index is 685. The van der Waals surface area contributed by atoms with Gasteiger partial charge in [-0.3, -0.25) is 0 Å². The van der Waals surface area contributed by atoms with E-state index < -0.39 is 0 Å². The topological polar surface area (TPSA) is 47.6 Å². The Hall–Kier alpha value is -2.58. The summed E-state index contributed by atoms with van der Waals surface area (Å²) in [4.78, 5) is 0. The summed E-state index contributed by atoms with van der Waals surface area (Å²) in [6.45, 7) is 4.08. The van der Waals surface area contributed by atoms with Crippen molar-refractivity contribution < 1.29 is 0 Å². The molecule has 1 unspecified atom stereocenters. The van der Waals surface area contributed by atoms with Gasteiger partial charge in [-0.1, -0.05) is 35.9 Å². The van der Waals surface area contributed by atoms with Crippen LogP contribution in [-0.4, -0.2) is 0 Å². The molecule has 0 N–H and O–H groups in total. The molecule has 2 aromatic rings. The zero-order valence-electron chi connectivity index (χ0n) is 11.7. The van der Waals surface area contributed by atoms with Crippen LogP contribution in [0.4, 0.5) is 0 Å². The Balaban J connectivity index is 2.27. The number of nitriles is 2. The van der Waals surface area contributed by atoms with Crippen LogP contribution in [-0.2, 0) is 6.42 Å². The summed E-state index contributed by atoms with van der Waals surface area (Å²) in [5.74, 6) is -0.150. The van der Waals surface area contributed by atoms with Crippen LogP contribution < -0.4 is 0 Å². The molecule has 0 bridgehead atoms. The summed E-state index contributed by atoms with van der Waals surface area (Å²) in [5, 5.41) is 18.3. The Morgan fingerprint density at radius 3 is 2.30 bits per heavy atom. The van der Waals surface area contributed by atoms with Gasteiger partial charge in [-0.25, -0.2) is 0 Å². The van der Waals surface area contributed by atoms with Crippen molar-refractivity contribution in [3.63, 3.8) is 0 Å². The van der Waals surface area contributed by atoms with Crippen molar-refractivity contribution in [1.82, 2.24) is 0 Å². The van der Waals surface area contributed by atoms with Gasteiger partial charge >= 0.3 is 0 Å². The van der Waals surface area contributed by atoms with Gasteiger partial charge in [-0.05, 0) is 49.1 Å². The molecular weight excluding hydrogens is 244 g/mol. The molecule has 0 fully saturated rings. The fourth-order valence-electron chi connectivity index (χ4n) is 2.31. The van der Waals surface area contributed by atoms with E-state index in [1.165, 1.54) is 5.56 Å². The molecular formula is C18H16N2. The number of hydrogen-bond donors (Lipinski definition) is 0. The minimum absolute atomic E-state index is 0.150. The van der Waals surface area contributed by atoms with Crippen molar-refractivity contribution in [2.24, 2.45) is 0 Å². The normalized spacial score (nSPS) is 11.4. The molecule has 20 heavy (non-hydrogen) atoms. The average molecular weight is 260 g/mol. The molecule has 0 amide bonds. The molecule has 2 heteroatoms. The maximum absolute atomic E-state index is 9.45. The van der Waals surface area contributed by atoms with Crippen molar-refractivity contribution in [3.8, 4) is 12.1 Å². The van der Waals surface area contributed by atoms with Crippen LogP contribution in [0, 0.1) is 36.5 Å². The molecule has 0 saturated carbocycles. The molecule has 2 rings (SSSR count). The molecule has 2 aromatic carbocycles. The maximum atomic E-state index is 9.45. The first-order valence-electron chi connectivity index (χ1n) is 6.60. The van der Waals surface area contributed by atoms with Crippen LogP contribution in [0.3, 0.4) is 0 Å². The van der Waals surface area contributed by atoms with Gasteiger partial charge in [0, 0.05) is 0 Å². The third-order valence-corrected chi connectivity index (χ3v) is 3.49. The van der Waals surface area contributed by atoms with E-state index in [0.717, 1.165) is 16.7 Å². The Labute approximate surface area is 119 Å². The molecule has 0 aliphatic carbocycles. The third kappa shape index (κ3) is 3.05. The second-order valence-electron chi connectivity index (χ2n) is 5.05. The fraction of sp³-hybridized carbons (Fsp3) is 0.222. The highest BCUT2D eigenvalue weighted by molar-refractivity contribution is 5.39. The first-order valence-corrected chi connectivity index (χ1v) is 6.60. The molecule has 0 spiro atoms. The minimum atomic E-state index is -0.150. The summed E-state index contributed by atoms with van der Waals surface area (Å²) < 4.78 is 0. The molecule has 0 heterocycles. The van der Waals surface area contributed by atoms with Gasteiger partial charge in [-0.15, -0.1) is 0 Å². The number of nitrogens with zero attached hydrogens (tertiary/aromatic N) is 2. The zero-order valence-corrected chi connectivity index (χ0v) is 11.7. The number of hydrogen-bond acceptors (Lipinski definition) is 2. The quantitative estimate of drug-likeness (QED) is 0.836. The molecule has 98 valence electrons. The Morgan fingerprint density at radius 2 is 1.70 bits per heavy atom. The standard InChI is InChI=1S/C18H16N2/c1-13-3-4-14(2)18(9-13)17(12-20)10-15-5-7-16(11-19)8-6-15/h3-9,17H,10H2,1-2H3. The van der Waals surface area contributed by atoms with Crippen molar-refractivity contribution >= 4 is 0 Å². The van der Waals surface area contributed by atoms with Crippen LogP contribution in [0.15, 0.2) is 42.5 Å². The van der Waals surface area contributed by atoms with Crippen LogP contribution in [0.1, 0.15) is 33.7 Å². The average Bonchev–Trinajstić information content (AvgIpc) is 2.48. The van der Waals surface area contributed by atoms with Crippen molar-refractivity contribution in [2.75, 3.05) is 0 Å². The monoisotopic (exact) mass is 260 g/mol. The number of rotatable bonds is 3. The summed E-state index contributed by atoms with van der Waals surface area (Å²) in [6, 6.07) is 18.2. The molecule has 0 aromatic heterocycles. The van der Waals surface area contributed by atoms with E-state index in [9.17, 15) is 5.26 Å². The zero-order chi connectivity index (χ0) is 14.5. The lowest BCUT2D eigenvalue weighted by atomic mass is 9.89. The van der Waals surface area contributed by atoms with Gasteiger partial charge in [0.2, 0.25) is 0 Å². The van der Waals surface area contributed by atoms with Gasteiger partial charge in [0.1, 0.15) is 0 Å². The fourth-order valence-corrected chi connectivity index (χ4v) is 2.31. The van der Waals surface area contributed by atoms with E-state index in [1.807, 2.05) is 26.0 Å². The molecule has 2 nitrogen and oxygen atoms in total. The SMILES string of the molecule is Cc1ccc(C)c(C(C#N)Cc2ccc(C#N)cc2)c1. The Kier molecular flexibility index (Phi) is 4.18. The largest absolute Gasteiger partial charge is 0.198 e. The molecule has 0 saturated heterocycles. The highest BCUT2D eigenvalue weighted by atomic mass is 14.3. The predicted molar refractivity (Wildman–Crippen MR) is 79.1 cm³/mol. The van der Waals surface area contributed by atoms with Crippen LogP contribution in [0.5, 0.6) is 0 Å². The van der Waals surface area contributed by atoms with Crippen molar-refractivity contribution in [3.05, 3.63) is 70.3 Å². The van der Waals surface area contributed by atoms with Gasteiger partial charge in [0.05, 0.1) is 23.6 Å². The van der Waals surface area contributed by atoms with Gasteiger partial charge < -0.3 is 0 Å². The maximum Gasteiger partial charge on any atom is 0.0991 e. The number of benzene rings is 2. The number of aryl methyl sites for hydroxylation is 2. The van der Waals surface area contributed by atoms with E-state index in [0.29, 0.717) is 12.0 Å². The summed E-state index contributed by atoms with van der Waals surface area (Å²) in [7, 11) is 0. The highest BCUT2D eigenvalue weighted by Crippen LogP contribution is 2.24. The van der Waals surface area contributed by atoms with E-state index in [-0.39, 0.29) is 5.92 Å². The van der Waals surface area contributed by atoms with Crippen molar-refractivity contribution in [2.45, 2.75) is 26.2 Å². The van der Waals surface area contributed by atoms with E-state index in [4.69, 9.17) is 5.26 Å². The lowest BCUT2D eigenvalue weighted by molar-refractivity contribution is 0.839. The molecule has 0 aliphatic heterocycles. The lowest BCUT2D eigenvalue weighted by Crippen LogP contribution is -2.03. The molecule has 0 radical (unpaired) electrons. The summed E-state index contributed by atoms with van der Waals surface area (Å²) >= 11 is 0. The van der Waals surface area contributed by atoms with E-state index in [2.05, 4.69) is 30.3 Å². The van der Waals surface area contributed by atoms with Crippen LogP contribution in [0.2, 0.25) is 0 Å². The lowest BCUT2D eigenvalue weighted by Gasteiger charge is -2.13. The summed E-state index contributed by atoms with van der Waals surface area (Å²) in [6.07, 6.45) is 0.673. The Morgan fingerprint density at radius 1 is 1.00 bits per heavy atom. The second kappa shape index (κ2) is 6.04. The van der Waals surface area contributed by atoms with Gasteiger partial charge in [-0.2, -0.15) is 10.5 Å². The first kappa shape index (κ1) is 13.8. The third-order valence-electron chi connectivity index (χ3n) is 3.49. The van der Waals surface area contributed by atoms with E-state index in [1.54, 1.807) is 12.1 Å². The predicted octanol–water partition coefficient (Wildman–Crippen LogP) is 4.03. The van der Waals surface area contributed by atoms with E-state index >= 15 is 0 Å². The van der Waals surface area contributed by atoms with Gasteiger partial charge in [0.15, 0.2) is 0 Å². The highest BCUT2D eigenvalue weighted by Gasteiger charge is 2.14. The first-order chi connectivity index (χ1) is 9.63. The van der Waals surface area contributed by atoms with Gasteiger partial charge in [0.25, 0.3) is 0 Å². The van der Waals surface area contributed by atoms with Crippen LogP contribution in [0.25, 0.3) is 0 Å². The van der Waals surface area contributed by atoms with Crippen molar-refractivity contribution in [1.29, 1.82) is 10.5 Å². The van der Waals surface area contributed by atoms with Crippen LogP contribution >= 0.6 is 0 Å². The smallest absolute Gasteiger partial charge is 0.0991 e. The summed E-state index contributed by atoms with van der Waals surface area (Å²) in [5.41, 5.74) is 5.14. The second-order valence-corrected chi connectivity index (χ2v) is 5.05. The molecule has 0 aliphatic rings. The minimum Gasteiger partial charge on any atom is -0.198 e. The molecule has 1 atom stereocenters.